The number of benzene rings is 1. The smallest absolute Gasteiger partial charge is 0.258 e. The zero-order chi connectivity index (χ0) is 11.0. The van der Waals surface area contributed by atoms with E-state index in [1.165, 1.54) is 0 Å². The first-order chi connectivity index (χ1) is 7.08. The van der Waals surface area contributed by atoms with E-state index < -0.39 is 0 Å². The third-order valence-corrected chi connectivity index (χ3v) is 2.72. The van der Waals surface area contributed by atoms with Gasteiger partial charge >= 0.3 is 0 Å². The number of nitrogens with one attached hydrogen (secondary N) is 1. The van der Waals surface area contributed by atoms with Crippen LogP contribution in [0.2, 0.25) is 0 Å². The van der Waals surface area contributed by atoms with Crippen LogP contribution in [0, 0.1) is 13.8 Å². The molecule has 0 saturated heterocycles. The van der Waals surface area contributed by atoms with Crippen LogP contribution in [0.3, 0.4) is 0 Å². The Morgan fingerprint density at radius 2 is 1.87 bits per heavy atom. The van der Waals surface area contributed by atoms with Crippen LogP contribution in [0.15, 0.2) is 12.1 Å². The molecule has 1 aliphatic heterocycles. The third kappa shape index (κ3) is 1.77. The molecule has 1 heterocycles. The highest BCUT2D eigenvalue weighted by molar-refractivity contribution is 6.07. The quantitative estimate of drug-likeness (QED) is 0.649. The normalized spacial score (nSPS) is 15.6. The van der Waals surface area contributed by atoms with Gasteiger partial charge in [-0.05, 0) is 37.5 Å². The Morgan fingerprint density at radius 3 is 2.60 bits per heavy atom. The molecule has 0 aliphatic carbocycles. The summed E-state index contributed by atoms with van der Waals surface area (Å²) in [7, 11) is 0. The van der Waals surface area contributed by atoms with Crippen LogP contribution < -0.4 is 5.32 Å². The molecule has 0 aromatic heterocycles. The van der Waals surface area contributed by atoms with Crippen molar-refractivity contribution in [1.29, 1.82) is 0 Å². The van der Waals surface area contributed by atoms with Crippen molar-refractivity contribution in [2.75, 3.05) is 0 Å². The third-order valence-electron chi connectivity index (χ3n) is 2.72. The average molecular weight is 203 g/mol. The Morgan fingerprint density at radius 1 is 1.13 bits per heavy atom. The number of carbonyl (C=O) groups excluding carboxylic acids is 2. The van der Waals surface area contributed by atoms with Gasteiger partial charge in [-0.2, -0.15) is 0 Å². The second-order valence-electron chi connectivity index (χ2n) is 3.99. The Kier molecular flexibility index (Phi) is 2.31. The molecule has 0 fully saturated rings. The van der Waals surface area contributed by atoms with E-state index in [2.05, 4.69) is 5.32 Å². The molecule has 15 heavy (non-hydrogen) atoms. The second kappa shape index (κ2) is 3.50. The summed E-state index contributed by atoms with van der Waals surface area (Å²) < 4.78 is 0. The van der Waals surface area contributed by atoms with Gasteiger partial charge in [0, 0.05) is 12.0 Å². The summed E-state index contributed by atoms with van der Waals surface area (Å²) in [5.41, 5.74) is 3.80. The van der Waals surface area contributed by atoms with E-state index in [1.54, 1.807) is 0 Å². The number of rotatable bonds is 0. The molecule has 0 radical (unpaired) electrons. The minimum absolute atomic E-state index is 0.187. The lowest BCUT2D eigenvalue weighted by Crippen LogP contribution is -2.28. The van der Waals surface area contributed by atoms with Crippen LogP contribution in [0.25, 0.3) is 0 Å². The lowest BCUT2D eigenvalue weighted by Gasteiger charge is -2.08. The number of imide groups is 1. The lowest BCUT2D eigenvalue weighted by atomic mass is 9.96. The van der Waals surface area contributed by atoms with Crippen molar-refractivity contribution >= 4 is 11.8 Å². The van der Waals surface area contributed by atoms with E-state index in [-0.39, 0.29) is 11.8 Å². The number of amides is 2. The first-order valence-electron chi connectivity index (χ1n) is 5.02. The van der Waals surface area contributed by atoms with Gasteiger partial charge < -0.3 is 0 Å². The molecule has 1 aromatic carbocycles. The molecule has 1 aromatic rings. The highest BCUT2D eigenvalue weighted by atomic mass is 16.2. The Bertz CT molecular complexity index is 449. The molecular formula is C12H13NO2. The molecule has 2 rings (SSSR count). The van der Waals surface area contributed by atoms with E-state index in [0.717, 1.165) is 16.7 Å². The predicted octanol–water partition coefficient (Wildman–Crippen LogP) is 1.51. The summed E-state index contributed by atoms with van der Waals surface area (Å²) in [5, 5.41) is 2.37. The summed E-state index contributed by atoms with van der Waals surface area (Å²) in [6.07, 6.45) is 1.04. The molecule has 1 aliphatic rings. The van der Waals surface area contributed by atoms with E-state index >= 15 is 0 Å². The largest absolute Gasteiger partial charge is 0.292 e. The predicted molar refractivity (Wildman–Crippen MR) is 56.7 cm³/mol. The average Bonchev–Trinajstić information content (AvgIpc) is 2.27. The molecule has 1 N–H and O–H groups in total. The van der Waals surface area contributed by atoms with Crippen molar-refractivity contribution < 1.29 is 9.59 Å². The summed E-state index contributed by atoms with van der Waals surface area (Å²) in [4.78, 5) is 22.9. The van der Waals surface area contributed by atoms with Gasteiger partial charge in [0.25, 0.3) is 5.91 Å². The van der Waals surface area contributed by atoms with Gasteiger partial charge in [-0.15, -0.1) is 0 Å². The molecule has 2 amide bonds. The minimum atomic E-state index is -0.265. The molecular weight excluding hydrogens is 190 g/mol. The fraction of sp³-hybridized carbons (Fsp3) is 0.333. The van der Waals surface area contributed by atoms with Gasteiger partial charge in [0.15, 0.2) is 0 Å². The Labute approximate surface area is 88.5 Å². The van der Waals surface area contributed by atoms with Crippen LogP contribution in [-0.4, -0.2) is 11.8 Å². The molecule has 0 spiro atoms. The number of hydrogen-bond donors (Lipinski definition) is 1. The molecule has 0 unspecified atom stereocenters. The van der Waals surface area contributed by atoms with Gasteiger partial charge in [0.1, 0.15) is 0 Å². The number of carbonyl (C=O) groups is 2. The summed E-state index contributed by atoms with van der Waals surface area (Å²) in [5.74, 6) is -0.451. The highest BCUT2D eigenvalue weighted by Crippen LogP contribution is 2.20. The standard InChI is InChI=1S/C12H13NO2/c1-7-5-8(2)9-3-4-11(14)13-12(15)10(9)6-7/h5-6H,3-4H2,1-2H3,(H,13,14,15). The Hall–Kier alpha value is -1.64. The molecule has 3 heteroatoms. The molecule has 78 valence electrons. The maximum Gasteiger partial charge on any atom is 0.258 e. The van der Waals surface area contributed by atoms with E-state index in [1.807, 2.05) is 26.0 Å². The fourth-order valence-corrected chi connectivity index (χ4v) is 2.03. The minimum Gasteiger partial charge on any atom is -0.292 e. The molecule has 3 nitrogen and oxygen atoms in total. The van der Waals surface area contributed by atoms with Crippen molar-refractivity contribution in [3.8, 4) is 0 Å². The maximum absolute atomic E-state index is 11.7. The molecule has 0 bridgehead atoms. The summed E-state index contributed by atoms with van der Waals surface area (Å²) in [6.45, 7) is 3.93. The first kappa shape index (κ1) is 9.90. The zero-order valence-electron chi connectivity index (χ0n) is 8.89. The van der Waals surface area contributed by atoms with Crippen LogP contribution in [0.5, 0.6) is 0 Å². The van der Waals surface area contributed by atoms with Crippen molar-refractivity contribution in [1.82, 2.24) is 5.32 Å². The van der Waals surface area contributed by atoms with Crippen molar-refractivity contribution in [3.63, 3.8) is 0 Å². The highest BCUT2D eigenvalue weighted by Gasteiger charge is 2.20. The monoisotopic (exact) mass is 203 g/mol. The van der Waals surface area contributed by atoms with E-state index in [9.17, 15) is 9.59 Å². The fourth-order valence-electron chi connectivity index (χ4n) is 2.03. The zero-order valence-corrected chi connectivity index (χ0v) is 8.89. The van der Waals surface area contributed by atoms with Crippen molar-refractivity contribution in [3.05, 3.63) is 34.4 Å². The second-order valence-corrected chi connectivity index (χ2v) is 3.99. The topological polar surface area (TPSA) is 46.2 Å². The van der Waals surface area contributed by atoms with Crippen LogP contribution in [0.4, 0.5) is 0 Å². The van der Waals surface area contributed by atoms with Crippen LogP contribution in [0.1, 0.15) is 33.5 Å². The van der Waals surface area contributed by atoms with Gasteiger partial charge in [0.05, 0.1) is 0 Å². The van der Waals surface area contributed by atoms with Crippen LogP contribution in [-0.2, 0) is 11.2 Å². The van der Waals surface area contributed by atoms with E-state index in [4.69, 9.17) is 0 Å². The lowest BCUT2D eigenvalue weighted by molar-refractivity contribution is -0.119. The van der Waals surface area contributed by atoms with Crippen molar-refractivity contribution in [2.24, 2.45) is 0 Å². The Balaban J connectivity index is 2.58. The summed E-state index contributed by atoms with van der Waals surface area (Å²) in [6, 6.07) is 3.89. The first-order valence-corrected chi connectivity index (χ1v) is 5.02. The van der Waals surface area contributed by atoms with Gasteiger partial charge in [-0.25, -0.2) is 0 Å². The van der Waals surface area contributed by atoms with Gasteiger partial charge in [-0.1, -0.05) is 11.6 Å². The van der Waals surface area contributed by atoms with Gasteiger partial charge in [-0.3, -0.25) is 14.9 Å². The van der Waals surface area contributed by atoms with E-state index in [0.29, 0.717) is 18.4 Å². The van der Waals surface area contributed by atoms with Gasteiger partial charge in [0.2, 0.25) is 5.91 Å². The number of hydrogen-bond acceptors (Lipinski definition) is 2. The SMILES string of the molecule is Cc1cc(C)c2c(c1)C(=O)NC(=O)CC2. The number of aryl methyl sites for hydroxylation is 2. The molecule has 0 saturated carbocycles. The molecule has 0 atom stereocenters. The maximum atomic E-state index is 11.7. The van der Waals surface area contributed by atoms with Crippen molar-refractivity contribution in [2.45, 2.75) is 26.7 Å². The summed E-state index contributed by atoms with van der Waals surface area (Å²) >= 11 is 0. The van der Waals surface area contributed by atoms with Crippen LogP contribution >= 0.6 is 0 Å². The number of fused-ring (bicyclic) bond motifs is 1.